The van der Waals surface area contributed by atoms with Crippen LogP contribution in [0.25, 0.3) is 10.9 Å². The van der Waals surface area contributed by atoms with Gasteiger partial charge < -0.3 is 15.6 Å². The first-order chi connectivity index (χ1) is 10.7. The van der Waals surface area contributed by atoms with Gasteiger partial charge in [0.2, 0.25) is 0 Å². The summed E-state index contributed by atoms with van der Waals surface area (Å²) in [5.74, 6) is -0.220. The van der Waals surface area contributed by atoms with Crippen molar-refractivity contribution in [1.29, 1.82) is 0 Å². The largest absolute Gasteiger partial charge is 0.362 e. The average molecular weight is 313 g/mol. The van der Waals surface area contributed by atoms with Gasteiger partial charge in [0.1, 0.15) is 5.82 Å². The number of fused-ring (bicyclic) bond motifs is 1. The van der Waals surface area contributed by atoms with E-state index in [4.69, 9.17) is 12.2 Å². The number of aromatic amines is 1. The summed E-state index contributed by atoms with van der Waals surface area (Å²) in [5.41, 5.74) is 2.97. The molecule has 0 unspecified atom stereocenters. The van der Waals surface area contributed by atoms with Crippen LogP contribution in [0.15, 0.2) is 54.7 Å². The Morgan fingerprint density at radius 3 is 2.77 bits per heavy atom. The Balaban J connectivity index is 1.56. The van der Waals surface area contributed by atoms with Crippen LogP contribution in [0.5, 0.6) is 0 Å². The Labute approximate surface area is 133 Å². The Morgan fingerprint density at radius 2 is 1.95 bits per heavy atom. The first kappa shape index (κ1) is 14.5. The first-order valence-electron chi connectivity index (χ1n) is 7.08. The fourth-order valence-corrected chi connectivity index (χ4v) is 2.58. The normalized spacial score (nSPS) is 10.6. The van der Waals surface area contributed by atoms with Crippen molar-refractivity contribution in [3.05, 3.63) is 66.1 Å². The van der Waals surface area contributed by atoms with Gasteiger partial charge in [-0.25, -0.2) is 4.39 Å². The maximum absolute atomic E-state index is 13.3. The van der Waals surface area contributed by atoms with Crippen LogP contribution in [0.1, 0.15) is 5.56 Å². The number of H-pyrrole nitrogens is 1. The van der Waals surface area contributed by atoms with Gasteiger partial charge in [-0.05, 0) is 54.5 Å². The first-order valence-corrected chi connectivity index (χ1v) is 7.48. The summed E-state index contributed by atoms with van der Waals surface area (Å²) in [6, 6.07) is 14.5. The number of para-hydroxylation sites is 1. The second-order valence-corrected chi connectivity index (χ2v) is 5.41. The van der Waals surface area contributed by atoms with E-state index in [0.29, 0.717) is 11.7 Å². The highest BCUT2D eigenvalue weighted by molar-refractivity contribution is 7.80. The number of benzene rings is 2. The van der Waals surface area contributed by atoms with E-state index in [1.165, 1.54) is 6.07 Å². The zero-order chi connectivity index (χ0) is 15.4. The van der Waals surface area contributed by atoms with E-state index >= 15 is 0 Å². The molecule has 3 aromatic rings. The van der Waals surface area contributed by atoms with Crippen LogP contribution in [-0.2, 0) is 6.42 Å². The maximum atomic E-state index is 13.3. The highest BCUT2D eigenvalue weighted by atomic mass is 32.1. The molecule has 0 amide bonds. The molecule has 1 heterocycles. The summed E-state index contributed by atoms with van der Waals surface area (Å²) < 4.78 is 13.3. The number of aromatic nitrogens is 1. The molecule has 0 atom stereocenters. The Hall–Kier alpha value is -2.40. The van der Waals surface area contributed by atoms with Gasteiger partial charge in [-0.2, -0.15) is 0 Å². The van der Waals surface area contributed by atoms with Gasteiger partial charge in [-0.15, -0.1) is 0 Å². The lowest BCUT2D eigenvalue weighted by molar-refractivity contribution is 0.629. The number of halogens is 1. The highest BCUT2D eigenvalue weighted by Gasteiger charge is 2.05. The van der Waals surface area contributed by atoms with Crippen LogP contribution >= 0.6 is 12.2 Å². The van der Waals surface area contributed by atoms with E-state index in [0.717, 1.165) is 28.6 Å². The number of hydrogen-bond acceptors (Lipinski definition) is 1. The monoisotopic (exact) mass is 313 g/mol. The van der Waals surface area contributed by atoms with E-state index in [1.807, 2.05) is 36.5 Å². The van der Waals surface area contributed by atoms with Gasteiger partial charge in [-0.1, -0.05) is 18.2 Å². The van der Waals surface area contributed by atoms with Gasteiger partial charge in [0.05, 0.1) is 0 Å². The molecule has 0 fully saturated rings. The predicted octanol–water partition coefficient (Wildman–Crippen LogP) is 3.84. The van der Waals surface area contributed by atoms with Crippen LogP contribution in [0.4, 0.5) is 10.1 Å². The molecule has 5 heteroatoms. The van der Waals surface area contributed by atoms with Crippen molar-refractivity contribution in [2.24, 2.45) is 0 Å². The van der Waals surface area contributed by atoms with E-state index in [1.54, 1.807) is 12.1 Å². The van der Waals surface area contributed by atoms with Crippen LogP contribution < -0.4 is 10.6 Å². The minimum absolute atomic E-state index is 0.220. The van der Waals surface area contributed by atoms with Crippen LogP contribution in [0, 0.1) is 5.82 Å². The highest BCUT2D eigenvalue weighted by Crippen LogP contribution is 2.19. The standard InChI is InChI=1S/C17H16FN3S/c18-13-6-7-16-15(10-13)12(11-20-16)8-9-19-17(22)21-14-4-2-1-3-5-14/h1-7,10-11,20H,8-9H2,(H2,19,21,22). The quantitative estimate of drug-likeness (QED) is 0.641. The topological polar surface area (TPSA) is 39.9 Å². The number of nitrogens with one attached hydrogen (secondary N) is 3. The average Bonchev–Trinajstić information content (AvgIpc) is 2.91. The van der Waals surface area contributed by atoms with Crippen molar-refractivity contribution < 1.29 is 4.39 Å². The second kappa shape index (κ2) is 6.58. The third-order valence-corrected chi connectivity index (χ3v) is 3.69. The number of anilines is 1. The zero-order valence-corrected chi connectivity index (χ0v) is 12.7. The summed E-state index contributed by atoms with van der Waals surface area (Å²) in [4.78, 5) is 3.15. The van der Waals surface area contributed by atoms with Gasteiger partial charge in [0.25, 0.3) is 0 Å². The Kier molecular flexibility index (Phi) is 4.34. The number of rotatable bonds is 4. The third-order valence-electron chi connectivity index (χ3n) is 3.44. The molecule has 0 aliphatic heterocycles. The molecular formula is C17H16FN3S. The van der Waals surface area contributed by atoms with Crippen molar-refractivity contribution in [3.8, 4) is 0 Å². The van der Waals surface area contributed by atoms with Gasteiger partial charge in [0.15, 0.2) is 5.11 Å². The molecule has 0 bridgehead atoms. The molecule has 0 aliphatic rings. The van der Waals surface area contributed by atoms with E-state index in [9.17, 15) is 4.39 Å². The SMILES string of the molecule is Fc1ccc2[nH]cc(CCNC(=S)Nc3ccccc3)c2c1. The Bertz CT molecular complexity index is 783. The minimum atomic E-state index is -0.220. The number of thiocarbonyl (C=S) groups is 1. The molecule has 3 N–H and O–H groups in total. The molecular weight excluding hydrogens is 297 g/mol. The lowest BCUT2D eigenvalue weighted by Gasteiger charge is -2.10. The van der Waals surface area contributed by atoms with Crippen molar-refractivity contribution in [2.45, 2.75) is 6.42 Å². The molecule has 3 nitrogen and oxygen atoms in total. The van der Waals surface area contributed by atoms with Crippen molar-refractivity contribution in [1.82, 2.24) is 10.3 Å². The third kappa shape index (κ3) is 3.43. The summed E-state index contributed by atoms with van der Waals surface area (Å²) in [7, 11) is 0. The molecule has 0 saturated heterocycles. The zero-order valence-electron chi connectivity index (χ0n) is 11.9. The summed E-state index contributed by atoms with van der Waals surface area (Å²) in [6.45, 7) is 0.683. The minimum Gasteiger partial charge on any atom is -0.362 e. The van der Waals surface area contributed by atoms with Crippen LogP contribution in [0.2, 0.25) is 0 Å². The van der Waals surface area contributed by atoms with E-state index < -0.39 is 0 Å². The number of hydrogen-bond donors (Lipinski definition) is 3. The molecule has 22 heavy (non-hydrogen) atoms. The Morgan fingerprint density at radius 1 is 1.14 bits per heavy atom. The van der Waals surface area contributed by atoms with Gasteiger partial charge >= 0.3 is 0 Å². The lowest BCUT2D eigenvalue weighted by atomic mass is 10.1. The summed E-state index contributed by atoms with van der Waals surface area (Å²) in [6.07, 6.45) is 2.68. The molecule has 1 aromatic heterocycles. The predicted molar refractivity (Wildman–Crippen MR) is 92.6 cm³/mol. The molecule has 0 aliphatic carbocycles. The summed E-state index contributed by atoms with van der Waals surface area (Å²) >= 11 is 5.26. The van der Waals surface area contributed by atoms with Crippen molar-refractivity contribution in [2.75, 3.05) is 11.9 Å². The molecule has 0 radical (unpaired) electrons. The van der Waals surface area contributed by atoms with Gasteiger partial charge in [-0.3, -0.25) is 0 Å². The summed E-state index contributed by atoms with van der Waals surface area (Å²) in [5, 5.41) is 7.78. The van der Waals surface area contributed by atoms with Crippen molar-refractivity contribution >= 4 is 33.9 Å². The lowest BCUT2D eigenvalue weighted by Crippen LogP contribution is -2.30. The molecule has 112 valence electrons. The van der Waals surface area contributed by atoms with Gasteiger partial charge in [0, 0.05) is 29.3 Å². The molecule has 3 rings (SSSR count). The van der Waals surface area contributed by atoms with E-state index in [2.05, 4.69) is 15.6 Å². The maximum Gasteiger partial charge on any atom is 0.170 e. The van der Waals surface area contributed by atoms with Crippen LogP contribution in [0.3, 0.4) is 0 Å². The van der Waals surface area contributed by atoms with E-state index in [-0.39, 0.29) is 5.82 Å². The smallest absolute Gasteiger partial charge is 0.170 e. The second-order valence-electron chi connectivity index (χ2n) is 5.00. The van der Waals surface area contributed by atoms with Crippen molar-refractivity contribution in [3.63, 3.8) is 0 Å². The van der Waals surface area contributed by atoms with Crippen LogP contribution in [-0.4, -0.2) is 16.6 Å². The fraction of sp³-hybridized carbons (Fsp3) is 0.118. The molecule has 2 aromatic carbocycles. The molecule has 0 saturated carbocycles. The molecule has 0 spiro atoms. The fourth-order valence-electron chi connectivity index (χ4n) is 2.36.